The van der Waals surface area contributed by atoms with E-state index in [-0.39, 0.29) is 0 Å². The second kappa shape index (κ2) is 6.32. The van der Waals surface area contributed by atoms with E-state index < -0.39 is 50.0 Å². The fourth-order valence-corrected chi connectivity index (χ4v) is 1.34. The molecule has 0 bridgehead atoms. The average molecular weight is 296 g/mol. The van der Waals surface area contributed by atoms with Crippen molar-refractivity contribution in [3.63, 3.8) is 0 Å². The van der Waals surface area contributed by atoms with Gasteiger partial charge in [0.25, 0.3) is 0 Å². The molecule has 0 radical (unpaired) electrons. The van der Waals surface area contributed by atoms with Gasteiger partial charge in [0.15, 0.2) is 5.69 Å². The minimum atomic E-state index is -4.60. The first-order chi connectivity index (χ1) is 9.23. The van der Waals surface area contributed by atoms with Crippen LogP contribution in [0.3, 0.4) is 0 Å². The number of aromatic carboxylic acids is 1. The van der Waals surface area contributed by atoms with Crippen LogP contribution in [0.1, 0.15) is 10.5 Å². The Morgan fingerprint density at radius 1 is 1.40 bits per heavy atom. The summed E-state index contributed by atoms with van der Waals surface area (Å²) < 4.78 is 37.6. The molecule has 0 saturated carbocycles. The lowest BCUT2D eigenvalue weighted by Crippen LogP contribution is -2.42. The summed E-state index contributed by atoms with van der Waals surface area (Å²) in [7, 11) is 0. The fraction of sp³-hybridized carbons (Fsp3) is 0.556. The quantitative estimate of drug-likeness (QED) is 0.723. The molecule has 112 valence electrons. The van der Waals surface area contributed by atoms with Crippen molar-refractivity contribution in [2.75, 3.05) is 19.7 Å². The van der Waals surface area contributed by atoms with E-state index in [1.165, 1.54) is 0 Å². The molecule has 1 aromatic rings. The van der Waals surface area contributed by atoms with Gasteiger partial charge >= 0.3 is 12.1 Å². The number of alkyl halides is 3. The number of carbonyl (C=O) groups is 2. The zero-order chi connectivity index (χ0) is 15.3. The van der Waals surface area contributed by atoms with E-state index in [4.69, 9.17) is 10.2 Å². The number of carbonyl (C=O) groups excluding carboxylic acids is 1. The summed E-state index contributed by atoms with van der Waals surface area (Å²) in [4.78, 5) is 22.6. The Bertz CT molecular complexity index is 488. The molecule has 2 N–H and O–H groups in total. The van der Waals surface area contributed by atoms with Crippen molar-refractivity contribution in [3.05, 3.63) is 11.9 Å². The van der Waals surface area contributed by atoms with Crippen molar-refractivity contribution in [2.45, 2.75) is 12.7 Å². The largest absolute Gasteiger partial charge is 0.476 e. The normalized spacial score (nSPS) is 11.4. The molecule has 0 aliphatic carbocycles. The molecule has 0 atom stereocenters. The Hall–Kier alpha value is -2.17. The van der Waals surface area contributed by atoms with Gasteiger partial charge in [-0.25, -0.2) is 9.48 Å². The molecule has 20 heavy (non-hydrogen) atoms. The topological polar surface area (TPSA) is 109 Å². The molecule has 0 aromatic carbocycles. The molecule has 8 nitrogen and oxygen atoms in total. The summed E-state index contributed by atoms with van der Waals surface area (Å²) in [6.45, 7) is -3.22. The smallest absolute Gasteiger partial charge is 0.406 e. The average Bonchev–Trinajstić information content (AvgIpc) is 2.75. The van der Waals surface area contributed by atoms with Crippen LogP contribution in [-0.2, 0) is 11.3 Å². The maximum Gasteiger partial charge on any atom is 0.406 e. The van der Waals surface area contributed by atoms with Crippen LogP contribution >= 0.6 is 0 Å². The van der Waals surface area contributed by atoms with Crippen LogP contribution in [0.2, 0.25) is 0 Å². The van der Waals surface area contributed by atoms with E-state index in [1.54, 1.807) is 0 Å². The van der Waals surface area contributed by atoms with Crippen LogP contribution in [0.5, 0.6) is 0 Å². The number of aliphatic hydroxyl groups excluding tert-OH is 1. The number of halogens is 3. The third-order valence-corrected chi connectivity index (χ3v) is 2.15. The number of aromatic nitrogens is 3. The monoisotopic (exact) mass is 296 g/mol. The number of hydrogen-bond acceptors (Lipinski definition) is 5. The molecule has 1 amide bonds. The Morgan fingerprint density at radius 3 is 2.50 bits per heavy atom. The van der Waals surface area contributed by atoms with Gasteiger partial charge < -0.3 is 15.1 Å². The summed E-state index contributed by atoms with van der Waals surface area (Å²) >= 11 is 0. The number of rotatable bonds is 6. The number of aliphatic hydroxyl groups is 1. The zero-order valence-corrected chi connectivity index (χ0v) is 10.0. The van der Waals surface area contributed by atoms with Gasteiger partial charge in [0, 0.05) is 6.54 Å². The Balaban J connectivity index is 2.72. The third kappa shape index (κ3) is 4.84. The number of carboxylic acids is 1. The van der Waals surface area contributed by atoms with E-state index in [1.807, 2.05) is 0 Å². The van der Waals surface area contributed by atoms with Gasteiger partial charge in [-0.05, 0) is 0 Å². The van der Waals surface area contributed by atoms with Crippen LogP contribution in [0.4, 0.5) is 13.2 Å². The lowest BCUT2D eigenvalue weighted by molar-refractivity contribution is -0.162. The first-order valence-electron chi connectivity index (χ1n) is 5.31. The highest BCUT2D eigenvalue weighted by atomic mass is 19.4. The van der Waals surface area contributed by atoms with Gasteiger partial charge in [-0.3, -0.25) is 4.79 Å². The van der Waals surface area contributed by atoms with Crippen molar-refractivity contribution in [1.82, 2.24) is 19.9 Å². The molecule has 11 heteroatoms. The maximum absolute atomic E-state index is 12.3. The summed E-state index contributed by atoms with van der Waals surface area (Å²) in [5.74, 6) is -2.33. The minimum absolute atomic E-state index is 0.405. The molecule has 1 rings (SSSR count). The molecule has 1 heterocycles. The van der Waals surface area contributed by atoms with Crippen molar-refractivity contribution in [2.24, 2.45) is 0 Å². The van der Waals surface area contributed by atoms with Crippen molar-refractivity contribution >= 4 is 11.9 Å². The Labute approximate surface area is 110 Å². The second-order valence-corrected chi connectivity index (χ2v) is 3.76. The highest BCUT2D eigenvalue weighted by molar-refractivity contribution is 5.84. The first-order valence-corrected chi connectivity index (χ1v) is 5.31. The molecule has 0 saturated heterocycles. The van der Waals surface area contributed by atoms with Gasteiger partial charge in [0.1, 0.15) is 13.1 Å². The van der Waals surface area contributed by atoms with Crippen LogP contribution in [0, 0.1) is 0 Å². The summed E-state index contributed by atoms with van der Waals surface area (Å²) in [6.07, 6.45) is -3.68. The Morgan fingerprint density at radius 2 is 2.05 bits per heavy atom. The molecule has 0 unspecified atom stereocenters. The molecule has 0 spiro atoms. The van der Waals surface area contributed by atoms with Gasteiger partial charge in [-0.1, -0.05) is 5.21 Å². The highest BCUT2D eigenvalue weighted by Crippen LogP contribution is 2.16. The summed E-state index contributed by atoms with van der Waals surface area (Å²) in [5.41, 5.74) is -0.428. The summed E-state index contributed by atoms with van der Waals surface area (Å²) in [6, 6.07) is 0. The molecule has 1 aromatic heterocycles. The second-order valence-electron chi connectivity index (χ2n) is 3.76. The van der Waals surface area contributed by atoms with E-state index >= 15 is 0 Å². The molecule has 0 aliphatic heterocycles. The van der Waals surface area contributed by atoms with E-state index in [2.05, 4.69) is 10.3 Å². The predicted octanol–water partition coefficient (Wildman–Crippen LogP) is -0.641. The molecule has 0 aliphatic rings. The number of carboxylic acid groups (broad SMARTS) is 1. The van der Waals surface area contributed by atoms with Crippen molar-refractivity contribution in [3.8, 4) is 0 Å². The maximum atomic E-state index is 12.3. The number of amides is 1. The van der Waals surface area contributed by atoms with E-state index in [0.29, 0.717) is 4.90 Å². The van der Waals surface area contributed by atoms with Gasteiger partial charge in [-0.2, -0.15) is 13.2 Å². The van der Waals surface area contributed by atoms with Gasteiger partial charge in [-0.15, -0.1) is 5.10 Å². The third-order valence-electron chi connectivity index (χ3n) is 2.15. The van der Waals surface area contributed by atoms with Crippen LogP contribution in [0.15, 0.2) is 6.20 Å². The molecule has 0 fully saturated rings. The number of hydrogen-bond donors (Lipinski definition) is 2. The van der Waals surface area contributed by atoms with Gasteiger partial charge in [0.2, 0.25) is 5.91 Å². The fourth-order valence-electron chi connectivity index (χ4n) is 1.34. The molecular weight excluding hydrogens is 285 g/mol. The zero-order valence-electron chi connectivity index (χ0n) is 10.0. The first kappa shape index (κ1) is 15.9. The van der Waals surface area contributed by atoms with E-state index in [0.717, 1.165) is 10.9 Å². The van der Waals surface area contributed by atoms with Crippen molar-refractivity contribution < 1.29 is 33.0 Å². The lowest BCUT2D eigenvalue weighted by atomic mass is 10.4. The van der Waals surface area contributed by atoms with Crippen molar-refractivity contribution in [1.29, 1.82) is 0 Å². The summed E-state index contributed by atoms with van der Waals surface area (Å²) in [5, 5.41) is 23.8. The van der Waals surface area contributed by atoms with Crippen LogP contribution in [-0.4, -0.2) is 67.9 Å². The van der Waals surface area contributed by atoms with E-state index in [9.17, 15) is 22.8 Å². The minimum Gasteiger partial charge on any atom is -0.476 e. The highest BCUT2D eigenvalue weighted by Gasteiger charge is 2.32. The number of nitrogens with zero attached hydrogens (tertiary/aromatic N) is 4. The van der Waals surface area contributed by atoms with Gasteiger partial charge in [0.05, 0.1) is 12.8 Å². The standard InChI is InChI=1S/C9H11F3N4O4/c10-9(11,12)5-15(1-2-17)7(18)4-16-3-6(8(19)20)13-14-16/h3,17H,1-2,4-5H2,(H,19,20). The van der Waals surface area contributed by atoms with Crippen LogP contribution < -0.4 is 0 Å². The SMILES string of the molecule is O=C(O)c1cn(CC(=O)N(CCO)CC(F)(F)F)nn1. The predicted molar refractivity (Wildman–Crippen MR) is 56.7 cm³/mol. The molecular formula is C9H11F3N4O4. The lowest BCUT2D eigenvalue weighted by Gasteiger charge is -2.22. The van der Waals surface area contributed by atoms with Crippen LogP contribution in [0.25, 0.3) is 0 Å². The Kier molecular flexibility index (Phi) is 5.02.